The molecule has 1 aromatic carbocycles. The second-order valence-electron chi connectivity index (χ2n) is 6.06. The van der Waals surface area contributed by atoms with Gasteiger partial charge in [-0.05, 0) is 25.1 Å². The SMILES string of the molecule is CC1(c2cc(F)ccc2F)NC(=O)N(CC(=O)N2CCOCC2)C1=O. The van der Waals surface area contributed by atoms with Crippen molar-refractivity contribution in [1.82, 2.24) is 15.1 Å². The van der Waals surface area contributed by atoms with Crippen molar-refractivity contribution in [2.45, 2.75) is 12.5 Å². The Morgan fingerprint density at radius 1 is 1.28 bits per heavy atom. The van der Waals surface area contributed by atoms with Gasteiger partial charge in [-0.3, -0.25) is 14.5 Å². The Balaban J connectivity index is 1.82. The summed E-state index contributed by atoms with van der Waals surface area (Å²) in [6.07, 6.45) is 0. The summed E-state index contributed by atoms with van der Waals surface area (Å²) in [4.78, 5) is 39.3. The highest BCUT2D eigenvalue weighted by molar-refractivity contribution is 6.09. The van der Waals surface area contributed by atoms with Gasteiger partial charge in [0.15, 0.2) is 0 Å². The lowest BCUT2D eigenvalue weighted by molar-refractivity contribution is -0.141. The topological polar surface area (TPSA) is 79.0 Å². The van der Waals surface area contributed by atoms with E-state index in [9.17, 15) is 23.2 Å². The second-order valence-corrected chi connectivity index (χ2v) is 6.06. The number of carbonyl (C=O) groups is 3. The van der Waals surface area contributed by atoms with Crippen LogP contribution in [-0.2, 0) is 19.9 Å². The van der Waals surface area contributed by atoms with Crippen LogP contribution in [0, 0.1) is 11.6 Å². The number of benzene rings is 1. The maximum Gasteiger partial charge on any atom is 0.325 e. The van der Waals surface area contributed by atoms with E-state index in [1.54, 1.807) is 0 Å². The van der Waals surface area contributed by atoms with Gasteiger partial charge in [0.1, 0.15) is 23.7 Å². The van der Waals surface area contributed by atoms with E-state index in [-0.39, 0.29) is 5.56 Å². The van der Waals surface area contributed by atoms with Gasteiger partial charge in [0.05, 0.1) is 13.2 Å². The normalized spacial score (nSPS) is 23.8. The molecular weight excluding hydrogens is 336 g/mol. The predicted molar refractivity (Wildman–Crippen MR) is 81.4 cm³/mol. The molecule has 3 rings (SSSR count). The largest absolute Gasteiger partial charge is 0.378 e. The molecule has 0 bridgehead atoms. The van der Waals surface area contributed by atoms with E-state index in [2.05, 4.69) is 5.32 Å². The third-order valence-corrected chi connectivity index (χ3v) is 4.40. The van der Waals surface area contributed by atoms with Crippen LogP contribution in [0.15, 0.2) is 18.2 Å². The highest BCUT2D eigenvalue weighted by atomic mass is 19.1. The molecule has 2 heterocycles. The molecule has 2 aliphatic rings. The molecule has 4 amide bonds. The molecule has 0 radical (unpaired) electrons. The van der Waals surface area contributed by atoms with E-state index < -0.39 is 41.6 Å². The van der Waals surface area contributed by atoms with Crippen molar-refractivity contribution in [1.29, 1.82) is 0 Å². The van der Waals surface area contributed by atoms with Crippen LogP contribution in [0.4, 0.5) is 13.6 Å². The Morgan fingerprint density at radius 3 is 2.64 bits per heavy atom. The predicted octanol–water partition coefficient (Wildman–Crippen LogP) is 0.591. The smallest absolute Gasteiger partial charge is 0.325 e. The Morgan fingerprint density at radius 2 is 1.96 bits per heavy atom. The van der Waals surface area contributed by atoms with Crippen molar-refractivity contribution >= 4 is 17.8 Å². The maximum atomic E-state index is 14.1. The van der Waals surface area contributed by atoms with Crippen molar-refractivity contribution in [2.75, 3.05) is 32.8 Å². The minimum absolute atomic E-state index is 0.285. The van der Waals surface area contributed by atoms with Gasteiger partial charge in [-0.1, -0.05) is 0 Å². The van der Waals surface area contributed by atoms with Crippen LogP contribution in [0.5, 0.6) is 0 Å². The zero-order valence-electron chi connectivity index (χ0n) is 13.6. The van der Waals surface area contributed by atoms with E-state index in [4.69, 9.17) is 4.74 Å². The third-order valence-electron chi connectivity index (χ3n) is 4.40. The lowest BCUT2D eigenvalue weighted by Crippen LogP contribution is -2.48. The Bertz CT molecular complexity index is 736. The molecule has 1 atom stereocenters. The molecule has 134 valence electrons. The van der Waals surface area contributed by atoms with Gasteiger partial charge in [0.2, 0.25) is 5.91 Å². The molecule has 2 fully saturated rings. The van der Waals surface area contributed by atoms with Crippen LogP contribution >= 0.6 is 0 Å². The summed E-state index contributed by atoms with van der Waals surface area (Å²) < 4.78 is 32.7. The van der Waals surface area contributed by atoms with Gasteiger partial charge in [-0.15, -0.1) is 0 Å². The first-order chi connectivity index (χ1) is 11.8. The van der Waals surface area contributed by atoms with Gasteiger partial charge >= 0.3 is 6.03 Å². The number of ether oxygens (including phenoxy) is 1. The summed E-state index contributed by atoms with van der Waals surface area (Å²) in [5, 5.41) is 2.36. The number of nitrogens with one attached hydrogen (secondary N) is 1. The summed E-state index contributed by atoms with van der Waals surface area (Å²) in [5.74, 6) is -2.76. The van der Waals surface area contributed by atoms with Crippen LogP contribution in [0.1, 0.15) is 12.5 Å². The monoisotopic (exact) mass is 353 g/mol. The lowest BCUT2D eigenvalue weighted by Gasteiger charge is -2.28. The number of hydrogen-bond acceptors (Lipinski definition) is 4. The molecule has 1 unspecified atom stereocenters. The van der Waals surface area contributed by atoms with Gasteiger partial charge in [0.25, 0.3) is 5.91 Å². The maximum absolute atomic E-state index is 14.1. The quantitative estimate of drug-likeness (QED) is 0.807. The first-order valence-corrected chi connectivity index (χ1v) is 7.78. The fourth-order valence-corrected chi connectivity index (χ4v) is 2.95. The fraction of sp³-hybridized carbons (Fsp3) is 0.438. The average Bonchev–Trinajstić information content (AvgIpc) is 2.81. The highest BCUT2D eigenvalue weighted by Gasteiger charge is 2.51. The molecule has 1 N–H and O–H groups in total. The molecular formula is C16H17F2N3O4. The molecule has 0 spiro atoms. The van der Waals surface area contributed by atoms with Gasteiger partial charge < -0.3 is 15.0 Å². The van der Waals surface area contributed by atoms with E-state index in [1.165, 1.54) is 11.8 Å². The molecule has 2 saturated heterocycles. The van der Waals surface area contributed by atoms with E-state index in [0.717, 1.165) is 23.1 Å². The van der Waals surface area contributed by atoms with Crippen molar-refractivity contribution in [3.8, 4) is 0 Å². The first-order valence-electron chi connectivity index (χ1n) is 7.78. The summed E-state index contributed by atoms with van der Waals surface area (Å²) >= 11 is 0. The highest BCUT2D eigenvalue weighted by Crippen LogP contribution is 2.31. The van der Waals surface area contributed by atoms with Crippen LogP contribution in [0.3, 0.4) is 0 Å². The van der Waals surface area contributed by atoms with Crippen molar-refractivity contribution in [2.24, 2.45) is 0 Å². The zero-order valence-corrected chi connectivity index (χ0v) is 13.6. The Labute approximate surface area is 142 Å². The molecule has 25 heavy (non-hydrogen) atoms. The molecule has 1 aromatic rings. The summed E-state index contributed by atoms with van der Waals surface area (Å²) in [6, 6.07) is 1.85. The number of imide groups is 1. The van der Waals surface area contributed by atoms with Crippen LogP contribution < -0.4 is 5.32 Å². The summed E-state index contributed by atoms with van der Waals surface area (Å²) in [6.45, 7) is 2.34. The minimum atomic E-state index is -1.77. The minimum Gasteiger partial charge on any atom is -0.378 e. The van der Waals surface area contributed by atoms with E-state index >= 15 is 0 Å². The Kier molecular flexibility index (Phi) is 4.42. The van der Waals surface area contributed by atoms with Crippen LogP contribution in [-0.4, -0.2) is 60.5 Å². The summed E-state index contributed by atoms with van der Waals surface area (Å²) in [5.41, 5.74) is -2.05. The van der Waals surface area contributed by atoms with Crippen LogP contribution in [0.2, 0.25) is 0 Å². The van der Waals surface area contributed by atoms with Crippen molar-refractivity contribution < 1.29 is 27.9 Å². The van der Waals surface area contributed by atoms with Crippen molar-refractivity contribution in [3.63, 3.8) is 0 Å². The number of rotatable bonds is 3. The van der Waals surface area contributed by atoms with E-state index in [0.29, 0.717) is 26.3 Å². The standard InChI is InChI=1S/C16H17F2N3O4/c1-16(11-8-10(17)2-3-12(11)18)14(23)21(15(24)19-16)9-13(22)20-4-6-25-7-5-20/h2-3,8H,4-7,9H2,1H3,(H,19,24). The number of morpholine rings is 1. The van der Waals surface area contributed by atoms with Gasteiger partial charge in [0, 0.05) is 18.7 Å². The number of amides is 4. The zero-order chi connectivity index (χ0) is 18.2. The molecule has 9 heteroatoms. The Hall–Kier alpha value is -2.55. The molecule has 2 aliphatic heterocycles. The molecule has 0 aromatic heterocycles. The summed E-state index contributed by atoms with van der Waals surface area (Å²) in [7, 11) is 0. The fourth-order valence-electron chi connectivity index (χ4n) is 2.95. The van der Waals surface area contributed by atoms with E-state index in [1.807, 2.05) is 0 Å². The van der Waals surface area contributed by atoms with Gasteiger partial charge in [-0.2, -0.15) is 0 Å². The number of hydrogen-bond donors (Lipinski definition) is 1. The van der Waals surface area contributed by atoms with Crippen LogP contribution in [0.25, 0.3) is 0 Å². The first kappa shape index (κ1) is 17.3. The molecule has 0 aliphatic carbocycles. The van der Waals surface area contributed by atoms with Gasteiger partial charge in [-0.25, -0.2) is 13.6 Å². The number of nitrogens with zero attached hydrogens (tertiary/aromatic N) is 2. The lowest BCUT2D eigenvalue weighted by atomic mass is 9.91. The average molecular weight is 353 g/mol. The number of halogens is 2. The molecule has 0 saturated carbocycles. The van der Waals surface area contributed by atoms with Crippen molar-refractivity contribution in [3.05, 3.63) is 35.4 Å². The number of urea groups is 1. The number of carbonyl (C=O) groups excluding carboxylic acids is 3. The molecule has 7 nitrogen and oxygen atoms in total. The second kappa shape index (κ2) is 6.40. The third kappa shape index (κ3) is 3.07.